The molecule has 1 nitrogen and oxygen atoms in total. The Balaban J connectivity index is 3.09. The average Bonchev–Trinajstić information content (AvgIpc) is 2.13. The van der Waals surface area contributed by atoms with Gasteiger partial charge in [0.15, 0.2) is 0 Å². The molecule has 0 aliphatic carbocycles. The highest BCUT2D eigenvalue weighted by molar-refractivity contribution is 6.83. The molecule has 0 saturated heterocycles. The molecule has 0 aromatic heterocycles. The van der Waals surface area contributed by atoms with Gasteiger partial charge in [0.25, 0.3) is 0 Å². The van der Waals surface area contributed by atoms with Crippen LogP contribution in [0.5, 0.6) is 0 Å². The molecule has 0 atom stereocenters. The van der Waals surface area contributed by atoms with Gasteiger partial charge in [-0.15, -0.1) is 5.54 Å². The lowest BCUT2D eigenvalue weighted by atomic mass is 10.1. The summed E-state index contributed by atoms with van der Waals surface area (Å²) in [7, 11) is -1.46. The van der Waals surface area contributed by atoms with E-state index in [0.29, 0.717) is 17.4 Å². The highest BCUT2D eigenvalue weighted by Crippen LogP contribution is 2.07. The minimum absolute atomic E-state index is 0.329. The molecule has 0 aliphatic heterocycles. The molecule has 0 heterocycles. The van der Waals surface area contributed by atoms with Gasteiger partial charge in [0.05, 0.1) is 0 Å². The molecule has 0 radical (unpaired) electrons. The summed E-state index contributed by atoms with van der Waals surface area (Å²) in [6.07, 6.45) is 0.628. The lowest BCUT2D eigenvalue weighted by molar-refractivity contribution is 0.112. The molecule has 15 heavy (non-hydrogen) atoms. The molecule has 0 amide bonds. The molecule has 0 N–H and O–H groups in total. The zero-order chi connectivity index (χ0) is 11.5. The summed E-state index contributed by atoms with van der Waals surface area (Å²) >= 11 is 0. The first kappa shape index (κ1) is 11.7. The van der Waals surface area contributed by atoms with Crippen molar-refractivity contribution in [1.29, 1.82) is 0 Å². The van der Waals surface area contributed by atoms with Crippen LogP contribution in [0.1, 0.15) is 15.9 Å². The standard InChI is InChI=1S/C12H13FOSi/c1-15(2,3)5-4-10-6-11(9-14)8-12(13)7-10/h6-9H,1-3H3. The van der Waals surface area contributed by atoms with Crippen molar-refractivity contribution in [3.8, 4) is 11.5 Å². The van der Waals surface area contributed by atoms with Crippen molar-refractivity contribution in [3.63, 3.8) is 0 Å². The Hall–Kier alpha value is -1.40. The Kier molecular flexibility index (Phi) is 3.43. The number of rotatable bonds is 1. The molecule has 1 aromatic rings. The van der Waals surface area contributed by atoms with Crippen molar-refractivity contribution in [1.82, 2.24) is 0 Å². The van der Waals surface area contributed by atoms with E-state index in [0.717, 1.165) is 0 Å². The van der Waals surface area contributed by atoms with E-state index in [2.05, 4.69) is 31.1 Å². The van der Waals surface area contributed by atoms with Crippen LogP contribution in [-0.2, 0) is 0 Å². The largest absolute Gasteiger partial charge is 0.298 e. The second kappa shape index (κ2) is 4.41. The number of aldehydes is 1. The van der Waals surface area contributed by atoms with Gasteiger partial charge < -0.3 is 0 Å². The normalized spacial score (nSPS) is 10.4. The van der Waals surface area contributed by atoms with Gasteiger partial charge in [0.2, 0.25) is 0 Å². The van der Waals surface area contributed by atoms with E-state index in [1.165, 1.54) is 12.1 Å². The van der Waals surface area contributed by atoms with Gasteiger partial charge >= 0.3 is 0 Å². The first-order valence-electron chi connectivity index (χ1n) is 4.70. The van der Waals surface area contributed by atoms with Gasteiger partial charge in [-0.2, -0.15) is 0 Å². The highest BCUT2D eigenvalue weighted by Gasteiger charge is 2.07. The summed E-state index contributed by atoms with van der Waals surface area (Å²) in [5, 5.41) is 0. The van der Waals surface area contributed by atoms with Crippen LogP contribution in [0.3, 0.4) is 0 Å². The van der Waals surface area contributed by atoms with E-state index in [4.69, 9.17) is 0 Å². The second-order valence-electron chi connectivity index (χ2n) is 4.39. The van der Waals surface area contributed by atoms with Gasteiger partial charge in [0.1, 0.15) is 20.2 Å². The maximum atomic E-state index is 13.0. The zero-order valence-electron chi connectivity index (χ0n) is 9.10. The van der Waals surface area contributed by atoms with Crippen molar-refractivity contribution < 1.29 is 9.18 Å². The number of benzene rings is 1. The van der Waals surface area contributed by atoms with E-state index in [-0.39, 0.29) is 0 Å². The Morgan fingerprint density at radius 1 is 1.27 bits per heavy atom. The van der Waals surface area contributed by atoms with E-state index < -0.39 is 13.9 Å². The summed E-state index contributed by atoms with van der Waals surface area (Å²) in [5.74, 6) is 2.50. The number of carbonyl (C=O) groups excluding carboxylic acids is 1. The predicted molar refractivity (Wildman–Crippen MR) is 62.0 cm³/mol. The molecule has 0 bridgehead atoms. The number of carbonyl (C=O) groups is 1. The molecule has 0 fully saturated rings. The number of halogens is 1. The predicted octanol–water partition coefficient (Wildman–Crippen LogP) is 2.87. The van der Waals surface area contributed by atoms with Crippen LogP contribution >= 0.6 is 0 Å². The van der Waals surface area contributed by atoms with Gasteiger partial charge in [-0.25, -0.2) is 4.39 Å². The van der Waals surface area contributed by atoms with Crippen molar-refractivity contribution in [2.75, 3.05) is 0 Å². The van der Waals surface area contributed by atoms with Crippen molar-refractivity contribution >= 4 is 14.4 Å². The van der Waals surface area contributed by atoms with Gasteiger partial charge in [-0.3, -0.25) is 4.79 Å². The number of hydrogen-bond acceptors (Lipinski definition) is 1. The minimum atomic E-state index is -1.46. The van der Waals surface area contributed by atoms with Crippen LogP contribution < -0.4 is 0 Å². The molecule has 0 unspecified atom stereocenters. The van der Waals surface area contributed by atoms with Crippen molar-refractivity contribution in [2.45, 2.75) is 19.6 Å². The highest BCUT2D eigenvalue weighted by atomic mass is 28.3. The molecule has 0 aliphatic rings. The molecule has 3 heteroatoms. The van der Waals surface area contributed by atoms with Gasteiger partial charge in [-0.1, -0.05) is 25.6 Å². The fraction of sp³-hybridized carbons (Fsp3) is 0.250. The Bertz CT molecular complexity index is 435. The molecular formula is C12H13FOSi. The SMILES string of the molecule is C[Si](C)(C)C#Cc1cc(F)cc(C=O)c1. The maximum absolute atomic E-state index is 13.0. The topological polar surface area (TPSA) is 17.1 Å². The third-order valence-electron chi connectivity index (χ3n) is 1.64. The summed E-state index contributed by atoms with van der Waals surface area (Å²) in [6.45, 7) is 6.33. The van der Waals surface area contributed by atoms with Gasteiger partial charge in [-0.05, 0) is 18.2 Å². The van der Waals surface area contributed by atoms with E-state index in [9.17, 15) is 9.18 Å². The first-order chi connectivity index (χ1) is 6.90. The maximum Gasteiger partial charge on any atom is 0.150 e. The van der Waals surface area contributed by atoms with E-state index >= 15 is 0 Å². The average molecular weight is 220 g/mol. The Morgan fingerprint density at radius 3 is 2.47 bits per heavy atom. The zero-order valence-corrected chi connectivity index (χ0v) is 10.1. The molecule has 78 valence electrons. The van der Waals surface area contributed by atoms with Crippen molar-refractivity contribution in [2.24, 2.45) is 0 Å². The Labute approximate surface area is 90.3 Å². The molecule has 0 saturated carbocycles. The fourth-order valence-electron chi connectivity index (χ4n) is 1.01. The lowest BCUT2D eigenvalue weighted by Crippen LogP contribution is -2.16. The van der Waals surface area contributed by atoms with E-state index in [1.54, 1.807) is 6.07 Å². The smallest absolute Gasteiger partial charge is 0.150 e. The summed E-state index contributed by atoms with van der Waals surface area (Å²) in [5.41, 5.74) is 4.02. The van der Waals surface area contributed by atoms with Crippen LogP contribution in [0.25, 0.3) is 0 Å². The quantitative estimate of drug-likeness (QED) is 0.404. The van der Waals surface area contributed by atoms with Gasteiger partial charge in [0, 0.05) is 11.1 Å². The van der Waals surface area contributed by atoms with Crippen LogP contribution in [0.15, 0.2) is 18.2 Å². The fourth-order valence-corrected chi connectivity index (χ4v) is 1.53. The first-order valence-corrected chi connectivity index (χ1v) is 8.20. The molecule has 1 aromatic carbocycles. The van der Waals surface area contributed by atoms with E-state index in [1.807, 2.05) is 0 Å². The molecule has 1 rings (SSSR count). The van der Waals surface area contributed by atoms with Crippen LogP contribution in [0, 0.1) is 17.3 Å². The lowest BCUT2D eigenvalue weighted by Gasteiger charge is -2.03. The summed E-state index contributed by atoms with van der Waals surface area (Å²) in [6, 6.07) is 4.15. The minimum Gasteiger partial charge on any atom is -0.298 e. The monoisotopic (exact) mass is 220 g/mol. The van der Waals surface area contributed by atoms with Crippen LogP contribution in [0.2, 0.25) is 19.6 Å². The second-order valence-corrected chi connectivity index (χ2v) is 9.14. The Morgan fingerprint density at radius 2 is 1.93 bits per heavy atom. The molecular weight excluding hydrogens is 207 g/mol. The van der Waals surface area contributed by atoms with Crippen LogP contribution in [0.4, 0.5) is 4.39 Å². The third kappa shape index (κ3) is 4.09. The van der Waals surface area contributed by atoms with Crippen LogP contribution in [-0.4, -0.2) is 14.4 Å². The number of hydrogen-bond donors (Lipinski definition) is 0. The summed E-state index contributed by atoms with van der Waals surface area (Å²) < 4.78 is 13.0. The van der Waals surface area contributed by atoms with Crippen molar-refractivity contribution in [3.05, 3.63) is 35.1 Å². The summed E-state index contributed by atoms with van der Waals surface area (Å²) in [4.78, 5) is 10.5. The molecule has 0 spiro atoms. The third-order valence-corrected chi connectivity index (χ3v) is 2.51.